The summed E-state index contributed by atoms with van der Waals surface area (Å²) in [6, 6.07) is 6.69. The molecule has 0 spiro atoms. The molecule has 1 aliphatic rings. The molecule has 118 valence electrons. The normalized spacial score (nSPS) is 32.9. The quantitative estimate of drug-likeness (QED) is 0.644. The second kappa shape index (κ2) is 7.06. The van der Waals surface area contributed by atoms with Gasteiger partial charge in [-0.1, -0.05) is 0 Å². The first-order valence-electron chi connectivity index (χ1n) is 6.62. The lowest BCUT2D eigenvalue weighted by molar-refractivity contribution is -0.285. The lowest BCUT2D eigenvalue weighted by Crippen LogP contribution is -2.61. The molecule has 1 saturated heterocycles. The van der Waals surface area contributed by atoms with Gasteiger partial charge in [0, 0.05) is 19.9 Å². The molecule has 21 heavy (non-hydrogen) atoms. The largest absolute Gasteiger partial charge is 0.482 e. The zero-order valence-corrected chi connectivity index (χ0v) is 12.0. The van der Waals surface area contributed by atoms with Gasteiger partial charge in [-0.3, -0.25) is 0 Å². The van der Waals surface area contributed by atoms with E-state index in [1.165, 1.54) is 14.2 Å². The molecule has 0 amide bonds. The molecule has 5 atom stereocenters. The summed E-state index contributed by atoms with van der Waals surface area (Å²) in [7, 11) is 2.93. The Morgan fingerprint density at radius 1 is 1.14 bits per heavy atom. The summed E-state index contributed by atoms with van der Waals surface area (Å²) in [5, 5.41) is 20.3. The van der Waals surface area contributed by atoms with E-state index < -0.39 is 30.7 Å². The predicted octanol–water partition coefficient (Wildman–Crippen LogP) is -0.244. The number of anilines is 1. The number of methoxy groups -OCH3 is 2. The highest BCUT2D eigenvalue weighted by Gasteiger charge is 2.46. The molecule has 4 N–H and O–H groups in total. The maximum atomic E-state index is 10.2. The molecular formula is C14H21NO6. The van der Waals surface area contributed by atoms with Crippen molar-refractivity contribution in [2.45, 2.75) is 30.7 Å². The molecule has 0 unspecified atom stereocenters. The molecule has 1 aliphatic heterocycles. The van der Waals surface area contributed by atoms with E-state index in [1.807, 2.05) is 0 Å². The lowest BCUT2D eigenvalue weighted by Gasteiger charge is -2.41. The van der Waals surface area contributed by atoms with Gasteiger partial charge in [-0.2, -0.15) is 0 Å². The zero-order chi connectivity index (χ0) is 15.4. The van der Waals surface area contributed by atoms with Crippen molar-refractivity contribution in [1.29, 1.82) is 0 Å². The van der Waals surface area contributed by atoms with Crippen molar-refractivity contribution in [2.24, 2.45) is 0 Å². The van der Waals surface area contributed by atoms with Gasteiger partial charge >= 0.3 is 0 Å². The minimum atomic E-state index is -1.24. The van der Waals surface area contributed by atoms with Crippen LogP contribution in [0.3, 0.4) is 0 Å². The molecule has 2 rings (SSSR count). The van der Waals surface area contributed by atoms with Gasteiger partial charge in [0.15, 0.2) is 12.4 Å². The number of benzene rings is 1. The van der Waals surface area contributed by atoms with E-state index >= 15 is 0 Å². The van der Waals surface area contributed by atoms with E-state index in [0.29, 0.717) is 11.4 Å². The van der Waals surface area contributed by atoms with Crippen LogP contribution in [0.2, 0.25) is 0 Å². The first kappa shape index (κ1) is 16.0. The average molecular weight is 299 g/mol. The van der Waals surface area contributed by atoms with E-state index in [1.54, 1.807) is 24.3 Å². The predicted molar refractivity (Wildman–Crippen MR) is 74.8 cm³/mol. The molecule has 1 aromatic rings. The highest BCUT2D eigenvalue weighted by molar-refractivity contribution is 5.41. The van der Waals surface area contributed by atoms with Crippen molar-refractivity contribution in [3.8, 4) is 5.75 Å². The van der Waals surface area contributed by atoms with E-state index in [4.69, 9.17) is 24.7 Å². The van der Waals surface area contributed by atoms with Crippen molar-refractivity contribution in [2.75, 3.05) is 26.6 Å². The van der Waals surface area contributed by atoms with Crippen molar-refractivity contribution < 1.29 is 29.2 Å². The third kappa shape index (κ3) is 3.63. The average Bonchev–Trinajstić information content (AvgIpc) is 2.47. The first-order valence-corrected chi connectivity index (χ1v) is 6.62. The minimum Gasteiger partial charge on any atom is -0.482 e. The van der Waals surface area contributed by atoms with E-state index in [9.17, 15) is 10.2 Å². The Kier molecular flexibility index (Phi) is 5.38. The standard InChI is InChI=1S/C14H21NO6/c1-18-7-10-11(16)12(19-2)13(14(17)21-10)20-9-5-3-8(15)4-6-9/h3-6,10-14,16-17H,7,15H2,1-2H3/t10-,11+,12+,13-,14-/m1/s1. The van der Waals surface area contributed by atoms with Gasteiger partial charge in [0.25, 0.3) is 0 Å². The number of aliphatic hydroxyl groups is 2. The molecule has 0 saturated carbocycles. The van der Waals surface area contributed by atoms with E-state index in [0.717, 1.165) is 0 Å². The van der Waals surface area contributed by atoms with Crippen LogP contribution in [0.15, 0.2) is 24.3 Å². The lowest BCUT2D eigenvalue weighted by atomic mass is 9.99. The number of rotatable bonds is 5. The fourth-order valence-corrected chi connectivity index (χ4v) is 2.31. The summed E-state index contributed by atoms with van der Waals surface area (Å²) in [5.41, 5.74) is 6.21. The maximum Gasteiger partial charge on any atom is 0.195 e. The van der Waals surface area contributed by atoms with Crippen LogP contribution in [-0.2, 0) is 14.2 Å². The Hall–Kier alpha value is -1.38. The second-order valence-corrected chi connectivity index (χ2v) is 4.86. The molecule has 7 nitrogen and oxygen atoms in total. The fraction of sp³-hybridized carbons (Fsp3) is 0.571. The molecule has 0 aromatic heterocycles. The molecule has 1 heterocycles. The Balaban J connectivity index is 2.11. The Morgan fingerprint density at radius 2 is 1.81 bits per heavy atom. The summed E-state index contributed by atoms with van der Waals surface area (Å²) in [5.74, 6) is 0.497. The van der Waals surface area contributed by atoms with Crippen molar-refractivity contribution >= 4 is 5.69 Å². The van der Waals surface area contributed by atoms with Gasteiger partial charge in [-0.05, 0) is 24.3 Å². The third-order valence-electron chi connectivity index (χ3n) is 3.39. The smallest absolute Gasteiger partial charge is 0.195 e. The SMILES string of the molecule is COC[C@H]1O[C@@H](O)[C@H](Oc2ccc(N)cc2)[C@@H](OC)[C@H]1O. The van der Waals surface area contributed by atoms with Gasteiger partial charge in [0.05, 0.1) is 6.61 Å². The number of nitrogen functional groups attached to an aromatic ring is 1. The van der Waals surface area contributed by atoms with Crippen LogP contribution in [0.25, 0.3) is 0 Å². The van der Waals surface area contributed by atoms with Crippen LogP contribution in [0.4, 0.5) is 5.69 Å². The number of ether oxygens (including phenoxy) is 4. The number of aliphatic hydroxyl groups excluding tert-OH is 2. The third-order valence-corrected chi connectivity index (χ3v) is 3.39. The molecule has 0 bridgehead atoms. The molecular weight excluding hydrogens is 278 g/mol. The summed E-state index contributed by atoms with van der Waals surface area (Å²) in [6.07, 6.45) is -4.50. The van der Waals surface area contributed by atoms with E-state index in [-0.39, 0.29) is 6.61 Å². The number of nitrogens with two attached hydrogens (primary N) is 1. The summed E-state index contributed by atoms with van der Waals surface area (Å²) in [4.78, 5) is 0. The van der Waals surface area contributed by atoms with Gasteiger partial charge in [0.2, 0.25) is 0 Å². The Labute approximate surface area is 123 Å². The second-order valence-electron chi connectivity index (χ2n) is 4.86. The summed E-state index contributed by atoms with van der Waals surface area (Å²) in [6.45, 7) is 0.146. The summed E-state index contributed by atoms with van der Waals surface area (Å²) >= 11 is 0. The van der Waals surface area contributed by atoms with Crippen LogP contribution in [0, 0.1) is 0 Å². The van der Waals surface area contributed by atoms with Crippen molar-refractivity contribution in [1.82, 2.24) is 0 Å². The van der Waals surface area contributed by atoms with Crippen molar-refractivity contribution in [3.05, 3.63) is 24.3 Å². The van der Waals surface area contributed by atoms with Crippen LogP contribution < -0.4 is 10.5 Å². The number of hydrogen-bond donors (Lipinski definition) is 3. The maximum absolute atomic E-state index is 10.2. The van der Waals surface area contributed by atoms with Gasteiger partial charge in [-0.15, -0.1) is 0 Å². The highest BCUT2D eigenvalue weighted by atomic mass is 16.7. The Morgan fingerprint density at radius 3 is 2.38 bits per heavy atom. The molecule has 7 heteroatoms. The molecule has 1 fully saturated rings. The first-order chi connectivity index (χ1) is 10.1. The zero-order valence-electron chi connectivity index (χ0n) is 12.0. The van der Waals surface area contributed by atoms with Gasteiger partial charge < -0.3 is 34.9 Å². The number of hydrogen-bond acceptors (Lipinski definition) is 7. The Bertz CT molecular complexity index is 440. The van der Waals surface area contributed by atoms with Crippen LogP contribution >= 0.6 is 0 Å². The fourth-order valence-electron chi connectivity index (χ4n) is 2.31. The monoisotopic (exact) mass is 299 g/mol. The summed E-state index contributed by atoms with van der Waals surface area (Å²) < 4.78 is 21.2. The highest BCUT2D eigenvalue weighted by Crippen LogP contribution is 2.26. The van der Waals surface area contributed by atoms with Crippen molar-refractivity contribution in [3.63, 3.8) is 0 Å². The molecule has 0 radical (unpaired) electrons. The van der Waals surface area contributed by atoms with Gasteiger partial charge in [0.1, 0.15) is 24.1 Å². The van der Waals surface area contributed by atoms with Crippen LogP contribution in [0.1, 0.15) is 0 Å². The van der Waals surface area contributed by atoms with Gasteiger partial charge in [-0.25, -0.2) is 0 Å². The topological polar surface area (TPSA) is 103 Å². The van der Waals surface area contributed by atoms with E-state index in [2.05, 4.69) is 0 Å². The molecule has 1 aromatic carbocycles. The van der Waals surface area contributed by atoms with Crippen LogP contribution in [0.5, 0.6) is 5.75 Å². The molecule has 0 aliphatic carbocycles. The van der Waals surface area contributed by atoms with Crippen LogP contribution in [-0.4, -0.2) is 61.7 Å². The minimum absolute atomic E-state index is 0.146.